The zero-order valence-electron chi connectivity index (χ0n) is 43.1. The molecule has 0 amide bonds. The van der Waals surface area contributed by atoms with Crippen molar-refractivity contribution in [1.29, 1.82) is 0 Å². The highest BCUT2D eigenvalue weighted by Gasteiger charge is 2.28. The van der Waals surface area contributed by atoms with Crippen molar-refractivity contribution in [2.45, 2.75) is 0 Å². The molecule has 0 saturated carbocycles. The first-order chi connectivity index (χ1) is 39.2. The lowest BCUT2D eigenvalue weighted by molar-refractivity contribution is 1.29. The molecule has 16 aromatic rings. The molecule has 0 aliphatic rings. The molecule has 0 N–H and O–H groups in total. The van der Waals surface area contributed by atoms with E-state index in [2.05, 4.69) is 312 Å². The molecular weight excluding hydrogens is 955 g/mol. The van der Waals surface area contributed by atoms with Crippen LogP contribution in [0.4, 0.5) is 51.2 Å². The van der Waals surface area contributed by atoms with Gasteiger partial charge in [0.15, 0.2) is 0 Å². The van der Waals surface area contributed by atoms with Crippen LogP contribution in [0.5, 0.6) is 0 Å². The molecule has 3 nitrogen and oxygen atoms in total. The van der Waals surface area contributed by atoms with Gasteiger partial charge in [-0.15, -0.1) is 0 Å². The summed E-state index contributed by atoms with van der Waals surface area (Å²) < 4.78 is 0. The summed E-state index contributed by atoms with van der Waals surface area (Å²) in [4.78, 5) is 7.56. The molecule has 0 unspecified atom stereocenters. The monoisotopic (exact) mass is 1000 g/mol. The lowest BCUT2D eigenvalue weighted by atomic mass is 9.90. The first-order valence-electron chi connectivity index (χ1n) is 27.2. The Labute approximate surface area is 457 Å². The van der Waals surface area contributed by atoms with E-state index in [1.807, 2.05) is 0 Å². The van der Waals surface area contributed by atoms with Crippen molar-refractivity contribution < 1.29 is 0 Å². The summed E-state index contributed by atoms with van der Waals surface area (Å²) in [5, 5.41) is 21.4. The topological polar surface area (TPSA) is 9.72 Å². The molecule has 0 aliphatic heterocycles. The SMILES string of the molecule is c1ccc2cc(N(c3cccc4ccccc34)c3ccc4ccc5c(N(c6ccc7ccccc7c6)c6cccc7ccccc67)cc(N(c6ccc7ccccc7c6)c6cccc7ccccc67)c6ccc3c4c56)ccc2c1. The standard InChI is InChI=1S/C76H49N3/c1-4-22-57-46-60(39-34-50(57)16-1)77(69-31-13-25-53-19-7-10-28-63(53)69)72-45-38-56-37-42-67-73(78(61-40-35-51-17-2-5-23-58(51)47-61)70-32-14-26-54-20-8-11-29-64(54)70)49-74(68-44-43-66(72)75(56)76(67)68)79(62-41-36-52-18-3-6-24-59(52)48-62)71-33-15-27-55-21-9-12-30-65(55)71/h1-49H. The Bertz CT molecular complexity index is 4880. The molecule has 0 heterocycles. The summed E-state index contributed by atoms with van der Waals surface area (Å²) in [7, 11) is 0. The number of anilines is 9. The number of fused-ring (bicyclic) bond motifs is 6. The molecular formula is C76H49N3. The van der Waals surface area contributed by atoms with Gasteiger partial charge in [-0.1, -0.05) is 231 Å². The molecule has 0 atom stereocenters. The van der Waals surface area contributed by atoms with Crippen molar-refractivity contribution >= 4 is 148 Å². The van der Waals surface area contributed by atoms with Gasteiger partial charge in [-0.3, -0.25) is 0 Å². The molecule has 0 fully saturated rings. The Kier molecular flexibility index (Phi) is 10.3. The lowest BCUT2D eigenvalue weighted by Gasteiger charge is -2.34. The van der Waals surface area contributed by atoms with Crippen molar-refractivity contribution in [3.05, 3.63) is 297 Å². The van der Waals surface area contributed by atoms with Crippen LogP contribution in [0.15, 0.2) is 297 Å². The van der Waals surface area contributed by atoms with E-state index < -0.39 is 0 Å². The number of rotatable bonds is 9. The Morgan fingerprint density at radius 3 is 0.861 bits per heavy atom. The van der Waals surface area contributed by atoms with Crippen LogP contribution in [-0.2, 0) is 0 Å². The van der Waals surface area contributed by atoms with Crippen molar-refractivity contribution in [2.24, 2.45) is 0 Å². The molecule has 0 aliphatic carbocycles. The van der Waals surface area contributed by atoms with Gasteiger partial charge in [-0.25, -0.2) is 0 Å². The molecule has 0 radical (unpaired) electrons. The minimum atomic E-state index is 1.08. The predicted molar refractivity (Wildman–Crippen MR) is 339 cm³/mol. The van der Waals surface area contributed by atoms with E-state index in [1.165, 1.54) is 86.2 Å². The highest BCUT2D eigenvalue weighted by molar-refractivity contribution is 6.31. The second kappa shape index (κ2) is 18.1. The van der Waals surface area contributed by atoms with Crippen LogP contribution in [-0.4, -0.2) is 0 Å². The van der Waals surface area contributed by atoms with Gasteiger partial charge in [0.05, 0.1) is 34.1 Å². The molecule has 0 aromatic heterocycles. The summed E-state index contributed by atoms with van der Waals surface area (Å²) >= 11 is 0. The fourth-order valence-corrected chi connectivity index (χ4v) is 12.8. The zero-order valence-corrected chi connectivity index (χ0v) is 43.1. The van der Waals surface area contributed by atoms with E-state index in [1.54, 1.807) is 0 Å². The molecule has 16 rings (SSSR count). The molecule has 0 saturated heterocycles. The van der Waals surface area contributed by atoms with E-state index in [-0.39, 0.29) is 0 Å². The van der Waals surface area contributed by atoms with Crippen molar-refractivity contribution in [1.82, 2.24) is 0 Å². The van der Waals surface area contributed by atoms with Crippen LogP contribution >= 0.6 is 0 Å². The lowest BCUT2D eigenvalue weighted by Crippen LogP contribution is -2.15. The van der Waals surface area contributed by atoms with Crippen LogP contribution in [0, 0.1) is 0 Å². The average molecular weight is 1000 g/mol. The van der Waals surface area contributed by atoms with E-state index in [0.29, 0.717) is 0 Å². The zero-order chi connectivity index (χ0) is 52.0. The van der Waals surface area contributed by atoms with Gasteiger partial charge in [0.1, 0.15) is 0 Å². The van der Waals surface area contributed by atoms with Crippen LogP contribution in [0.2, 0.25) is 0 Å². The number of nitrogens with zero attached hydrogens (tertiary/aromatic N) is 3. The smallest absolute Gasteiger partial charge is 0.0561 e. The minimum Gasteiger partial charge on any atom is -0.309 e. The molecule has 0 spiro atoms. The van der Waals surface area contributed by atoms with Gasteiger partial charge < -0.3 is 14.7 Å². The predicted octanol–water partition coefficient (Wildman–Crippen LogP) is 21.9. The molecule has 79 heavy (non-hydrogen) atoms. The molecule has 368 valence electrons. The van der Waals surface area contributed by atoms with Crippen molar-refractivity contribution in [3.8, 4) is 0 Å². The summed E-state index contributed by atoms with van der Waals surface area (Å²) in [6, 6.07) is 110. The van der Waals surface area contributed by atoms with Crippen LogP contribution in [0.1, 0.15) is 0 Å². The first-order valence-corrected chi connectivity index (χ1v) is 27.2. The number of benzene rings is 16. The Balaban J connectivity index is 1.06. The van der Waals surface area contributed by atoms with Crippen LogP contribution in [0.25, 0.3) is 97.0 Å². The van der Waals surface area contributed by atoms with Gasteiger partial charge in [0.25, 0.3) is 0 Å². The third-order valence-corrected chi connectivity index (χ3v) is 16.4. The van der Waals surface area contributed by atoms with Gasteiger partial charge in [-0.05, 0) is 126 Å². The summed E-state index contributed by atoms with van der Waals surface area (Å²) in [5.74, 6) is 0. The van der Waals surface area contributed by atoms with E-state index in [4.69, 9.17) is 0 Å². The third-order valence-electron chi connectivity index (χ3n) is 16.4. The van der Waals surface area contributed by atoms with Crippen LogP contribution < -0.4 is 14.7 Å². The average Bonchev–Trinajstić information content (AvgIpc) is 3.55. The maximum Gasteiger partial charge on any atom is 0.0561 e. The van der Waals surface area contributed by atoms with Gasteiger partial charge in [0, 0.05) is 54.8 Å². The summed E-state index contributed by atoms with van der Waals surface area (Å²) in [5.41, 5.74) is 9.88. The highest BCUT2D eigenvalue weighted by atomic mass is 15.2. The second-order valence-corrected chi connectivity index (χ2v) is 20.8. The molecule has 0 bridgehead atoms. The van der Waals surface area contributed by atoms with E-state index >= 15 is 0 Å². The maximum absolute atomic E-state index is 2.53. The van der Waals surface area contributed by atoms with E-state index in [9.17, 15) is 0 Å². The van der Waals surface area contributed by atoms with Crippen LogP contribution in [0.3, 0.4) is 0 Å². The highest BCUT2D eigenvalue weighted by Crippen LogP contribution is 2.54. The van der Waals surface area contributed by atoms with Gasteiger partial charge in [0.2, 0.25) is 0 Å². The fourth-order valence-electron chi connectivity index (χ4n) is 12.8. The Morgan fingerprint density at radius 1 is 0.152 bits per heavy atom. The fraction of sp³-hybridized carbons (Fsp3) is 0. The normalized spacial score (nSPS) is 11.8. The molecule has 16 aromatic carbocycles. The Hall–Kier alpha value is -10.5. The van der Waals surface area contributed by atoms with E-state index in [0.717, 1.165) is 62.0 Å². The second-order valence-electron chi connectivity index (χ2n) is 20.8. The quantitative estimate of drug-likeness (QED) is 0.133. The minimum absolute atomic E-state index is 1.08. The molecule has 3 heteroatoms. The van der Waals surface area contributed by atoms with Crippen molar-refractivity contribution in [2.75, 3.05) is 14.7 Å². The van der Waals surface area contributed by atoms with Crippen molar-refractivity contribution in [3.63, 3.8) is 0 Å². The first kappa shape index (κ1) is 44.8. The van der Waals surface area contributed by atoms with Gasteiger partial charge >= 0.3 is 0 Å². The number of hydrogen-bond acceptors (Lipinski definition) is 3. The number of hydrogen-bond donors (Lipinski definition) is 0. The largest absolute Gasteiger partial charge is 0.309 e. The summed E-state index contributed by atoms with van der Waals surface area (Å²) in [6.07, 6.45) is 0. The Morgan fingerprint density at radius 2 is 0.443 bits per heavy atom. The maximum atomic E-state index is 2.53. The third kappa shape index (κ3) is 7.28. The van der Waals surface area contributed by atoms with Gasteiger partial charge in [-0.2, -0.15) is 0 Å². The summed E-state index contributed by atoms with van der Waals surface area (Å²) in [6.45, 7) is 0.